The van der Waals surface area contributed by atoms with Crippen LogP contribution in [-0.2, 0) is 22.1 Å². The van der Waals surface area contributed by atoms with Gasteiger partial charge in [0.05, 0.1) is 34.7 Å². The smallest absolute Gasteiger partial charge is 0.416 e. The Labute approximate surface area is 260 Å². The van der Waals surface area contributed by atoms with Crippen molar-refractivity contribution < 1.29 is 32.5 Å². The number of ether oxygens (including phenoxy) is 2. The van der Waals surface area contributed by atoms with Crippen LogP contribution in [0.15, 0.2) is 46.6 Å². The summed E-state index contributed by atoms with van der Waals surface area (Å²) in [6.07, 6.45) is -3.68. The van der Waals surface area contributed by atoms with Crippen LogP contribution in [0.4, 0.5) is 23.1 Å². The maximum atomic E-state index is 14.1. The standard InChI is InChI=1S/C30H31ClF3N5O4S/c1-29(2,3)43-28(41)39-10-9-38(15-21(39)16-42-4)27-36-26(40)25(44-27)22(17-6-8-24-19(11-17)14-35-37-24)12-18-5-7-20(31)13-23(18)30(32,33)34/h5-8,11,13-14,21,40H,9-10,12,15-16H2,1-4H3/t21-/m0/s1. The van der Waals surface area contributed by atoms with Gasteiger partial charge in [0.15, 0.2) is 5.13 Å². The molecule has 14 heteroatoms. The van der Waals surface area contributed by atoms with Gasteiger partial charge in [0.25, 0.3) is 0 Å². The summed E-state index contributed by atoms with van der Waals surface area (Å²) in [5.41, 5.74) is -0.372. The zero-order chi connectivity index (χ0) is 31.8. The summed E-state index contributed by atoms with van der Waals surface area (Å²) in [6, 6.07) is 8.55. The summed E-state index contributed by atoms with van der Waals surface area (Å²) in [6.45, 7) is 6.70. The van der Waals surface area contributed by atoms with E-state index in [1.807, 2.05) is 4.90 Å². The molecule has 1 aromatic heterocycles. The van der Waals surface area contributed by atoms with Crippen molar-refractivity contribution in [3.05, 3.63) is 73.6 Å². The average molecular weight is 650 g/mol. The minimum atomic E-state index is -4.64. The summed E-state index contributed by atoms with van der Waals surface area (Å²) in [7, 11) is 1.54. The highest BCUT2D eigenvalue weighted by atomic mass is 35.5. The molecule has 234 valence electrons. The molecular formula is C30H31ClF3N5O4S. The molecule has 0 radical (unpaired) electrons. The molecule has 0 aliphatic carbocycles. The van der Waals surface area contributed by atoms with Crippen molar-refractivity contribution in [1.29, 1.82) is 0 Å². The van der Waals surface area contributed by atoms with E-state index in [1.165, 1.54) is 23.5 Å². The second kappa shape index (κ2) is 12.4. The molecule has 0 bridgehead atoms. The van der Waals surface area contributed by atoms with Crippen molar-refractivity contribution in [2.45, 2.75) is 45.0 Å². The molecule has 0 spiro atoms. The molecule has 1 amide bonds. The van der Waals surface area contributed by atoms with Crippen molar-refractivity contribution >= 4 is 46.0 Å². The fourth-order valence-corrected chi connectivity index (χ4v) is 6.35. The molecule has 3 heterocycles. The van der Waals surface area contributed by atoms with Gasteiger partial charge in [-0.15, -0.1) is 0 Å². The van der Waals surface area contributed by atoms with Gasteiger partial charge >= 0.3 is 12.3 Å². The normalized spacial score (nSPS) is 17.4. The minimum Gasteiger partial charge on any atom is -0.492 e. The molecule has 1 atom stereocenters. The van der Waals surface area contributed by atoms with Crippen LogP contribution in [0, 0.1) is 0 Å². The van der Waals surface area contributed by atoms with E-state index in [9.17, 15) is 23.1 Å². The molecule has 3 aromatic rings. The van der Waals surface area contributed by atoms with Gasteiger partial charge < -0.3 is 19.5 Å². The highest BCUT2D eigenvalue weighted by molar-refractivity contribution is 7.17. The maximum Gasteiger partial charge on any atom is 0.416 e. The number of nitrogens with zero attached hydrogens (tertiary/aromatic N) is 5. The number of aromatic hydroxyl groups is 1. The number of halogens is 4. The van der Waals surface area contributed by atoms with Crippen molar-refractivity contribution in [3.8, 4) is 5.88 Å². The third-order valence-corrected chi connectivity index (χ3v) is 8.50. The van der Waals surface area contributed by atoms with Crippen LogP contribution >= 0.6 is 22.9 Å². The molecule has 2 aliphatic rings. The monoisotopic (exact) mass is 649 g/mol. The van der Waals surface area contributed by atoms with Crippen LogP contribution in [0.2, 0.25) is 5.02 Å². The van der Waals surface area contributed by atoms with Crippen molar-refractivity contribution in [1.82, 2.24) is 9.88 Å². The fourth-order valence-electron chi connectivity index (χ4n) is 5.12. The second-order valence-electron chi connectivity index (χ2n) is 11.5. The van der Waals surface area contributed by atoms with Gasteiger partial charge in [-0.05, 0) is 61.4 Å². The van der Waals surface area contributed by atoms with E-state index in [0.717, 1.165) is 6.07 Å². The average Bonchev–Trinajstić information content (AvgIpc) is 3.57. The highest BCUT2D eigenvalue weighted by Crippen LogP contribution is 2.40. The number of piperazine rings is 1. The SMILES string of the molecule is COC[C@@H]1CN(c2nc(O)c(C(Cc3ccc(Cl)cc3C(F)(F)F)=c3ccc4c(c3)C=NN=4)s2)CCN1C(=O)OC(C)(C)C. The Morgan fingerprint density at radius 1 is 1.16 bits per heavy atom. The van der Waals surface area contributed by atoms with Crippen molar-refractivity contribution in [2.75, 3.05) is 38.3 Å². The number of alkyl halides is 3. The Morgan fingerprint density at radius 2 is 1.93 bits per heavy atom. The van der Waals surface area contributed by atoms with Crippen molar-refractivity contribution in [2.24, 2.45) is 10.2 Å². The van der Waals surface area contributed by atoms with Crippen LogP contribution < -0.4 is 15.5 Å². The first-order valence-electron chi connectivity index (χ1n) is 13.8. The van der Waals surface area contributed by atoms with Gasteiger partial charge in [0.1, 0.15) is 5.60 Å². The predicted molar refractivity (Wildman–Crippen MR) is 162 cm³/mol. The number of methoxy groups -OCH3 is 1. The number of hydrogen-bond acceptors (Lipinski definition) is 9. The van der Waals surface area contributed by atoms with E-state index in [2.05, 4.69) is 15.2 Å². The number of carbonyl (C=O) groups is 1. The lowest BCUT2D eigenvalue weighted by molar-refractivity contribution is -0.138. The Morgan fingerprint density at radius 3 is 2.64 bits per heavy atom. The van der Waals surface area contributed by atoms with Crippen LogP contribution in [0.25, 0.3) is 5.57 Å². The lowest BCUT2D eigenvalue weighted by Crippen LogP contribution is -2.57. The van der Waals surface area contributed by atoms with Crippen molar-refractivity contribution in [3.63, 3.8) is 0 Å². The molecule has 9 nitrogen and oxygen atoms in total. The number of amides is 1. The molecule has 1 N–H and O–H groups in total. The summed E-state index contributed by atoms with van der Waals surface area (Å²) in [4.78, 5) is 21.2. The molecule has 1 fully saturated rings. The third kappa shape index (κ3) is 7.00. The van der Waals surface area contributed by atoms with E-state index in [-0.39, 0.29) is 35.5 Å². The van der Waals surface area contributed by atoms with Crippen LogP contribution in [0.3, 0.4) is 0 Å². The van der Waals surface area contributed by atoms with Gasteiger partial charge in [-0.2, -0.15) is 28.4 Å². The van der Waals surface area contributed by atoms with Crippen LogP contribution in [0.1, 0.15) is 42.3 Å². The quantitative estimate of drug-likeness (QED) is 0.404. The van der Waals surface area contributed by atoms with E-state index >= 15 is 0 Å². The summed E-state index contributed by atoms with van der Waals surface area (Å²) in [5.74, 6) is -0.306. The van der Waals surface area contributed by atoms with Crippen LogP contribution in [0.5, 0.6) is 5.88 Å². The molecule has 0 unspecified atom stereocenters. The molecule has 2 aliphatic heterocycles. The number of aromatic nitrogens is 1. The number of carbonyl (C=O) groups excluding carboxylic acids is 1. The first-order chi connectivity index (χ1) is 20.7. The predicted octanol–water partition coefficient (Wildman–Crippen LogP) is 5.00. The topological polar surface area (TPSA) is 99.9 Å². The van der Waals surface area contributed by atoms with Gasteiger partial charge in [-0.25, -0.2) is 4.79 Å². The number of fused-ring (bicyclic) bond motifs is 1. The molecule has 1 saturated heterocycles. The zero-order valence-corrected chi connectivity index (χ0v) is 26.1. The number of anilines is 1. The lowest BCUT2D eigenvalue weighted by Gasteiger charge is -2.41. The molecule has 2 aromatic carbocycles. The largest absolute Gasteiger partial charge is 0.492 e. The highest BCUT2D eigenvalue weighted by Gasteiger charge is 2.36. The van der Waals surface area contributed by atoms with Gasteiger partial charge in [0, 0.05) is 43.8 Å². The molecule has 44 heavy (non-hydrogen) atoms. The summed E-state index contributed by atoms with van der Waals surface area (Å²) < 4.78 is 53.1. The van der Waals surface area contributed by atoms with Gasteiger partial charge in [0.2, 0.25) is 5.88 Å². The summed E-state index contributed by atoms with van der Waals surface area (Å²) >= 11 is 7.11. The third-order valence-electron chi connectivity index (χ3n) is 7.10. The Bertz CT molecular complexity index is 1720. The van der Waals surface area contributed by atoms with E-state index in [1.54, 1.807) is 57.2 Å². The number of hydrogen-bond donors (Lipinski definition) is 1. The summed E-state index contributed by atoms with van der Waals surface area (Å²) in [5, 5.41) is 20.8. The fraction of sp³-hybridized carbons (Fsp3) is 0.400. The Balaban J connectivity index is 1.53. The van der Waals surface area contributed by atoms with Crippen LogP contribution in [-0.4, -0.2) is 72.3 Å². The Hall–Kier alpha value is -3.68. The number of rotatable bonds is 6. The zero-order valence-electron chi connectivity index (χ0n) is 24.5. The first kappa shape index (κ1) is 31.7. The molecular weight excluding hydrogens is 619 g/mol. The number of benzene rings is 2. The van der Waals surface area contributed by atoms with Gasteiger partial charge in [-0.3, -0.25) is 4.90 Å². The molecule has 0 saturated carbocycles. The number of thiazole rings is 1. The minimum absolute atomic E-state index is 0.00348. The second-order valence-corrected chi connectivity index (χ2v) is 12.9. The van der Waals surface area contributed by atoms with E-state index in [4.69, 9.17) is 21.1 Å². The van der Waals surface area contributed by atoms with E-state index in [0.29, 0.717) is 51.4 Å². The maximum absolute atomic E-state index is 14.1. The van der Waals surface area contributed by atoms with Gasteiger partial charge in [-0.1, -0.05) is 35.1 Å². The molecule has 5 rings (SSSR count). The van der Waals surface area contributed by atoms with E-state index < -0.39 is 23.4 Å². The lowest BCUT2D eigenvalue weighted by atomic mass is 9.96. The first-order valence-corrected chi connectivity index (χ1v) is 15.0. The Kier molecular flexibility index (Phi) is 8.92.